The molecule has 1 amide bonds. The van der Waals surface area contributed by atoms with Crippen LogP contribution in [0.2, 0.25) is 5.02 Å². The molecule has 0 radical (unpaired) electrons. The highest BCUT2D eigenvalue weighted by molar-refractivity contribution is 6.31. The van der Waals surface area contributed by atoms with E-state index in [0.717, 1.165) is 16.6 Å². The number of nitrogens with one attached hydrogen (secondary N) is 1. The molecule has 174 valence electrons. The summed E-state index contributed by atoms with van der Waals surface area (Å²) in [6.07, 6.45) is 0.522. The highest BCUT2D eigenvalue weighted by Gasteiger charge is 2.24. The lowest BCUT2D eigenvalue weighted by molar-refractivity contribution is 0.0934. The van der Waals surface area contributed by atoms with Gasteiger partial charge in [0.2, 0.25) is 0 Å². The van der Waals surface area contributed by atoms with Gasteiger partial charge in [-0.15, -0.1) is 0 Å². The molecule has 0 unspecified atom stereocenters. The van der Waals surface area contributed by atoms with Crippen LogP contribution in [0.3, 0.4) is 0 Å². The maximum atomic E-state index is 14.8. The Hall–Kier alpha value is -3.96. The lowest BCUT2D eigenvalue weighted by Gasteiger charge is -2.21. The predicted molar refractivity (Wildman–Crippen MR) is 137 cm³/mol. The van der Waals surface area contributed by atoms with Gasteiger partial charge in [0.15, 0.2) is 0 Å². The van der Waals surface area contributed by atoms with E-state index >= 15 is 0 Å². The number of carbonyl (C=O) groups excluding carboxylic acids is 1. The molecule has 1 aromatic heterocycles. The summed E-state index contributed by atoms with van der Waals surface area (Å²) in [7, 11) is 0. The van der Waals surface area contributed by atoms with Crippen molar-refractivity contribution in [3.8, 4) is 0 Å². The van der Waals surface area contributed by atoms with Crippen molar-refractivity contribution in [1.29, 1.82) is 0 Å². The average Bonchev–Trinajstić information content (AvgIpc) is 3.25. The molecule has 4 aromatic carbocycles. The Morgan fingerprint density at radius 2 is 1.57 bits per heavy atom. The Morgan fingerprint density at radius 1 is 0.886 bits per heavy atom. The number of halogens is 2. The highest BCUT2D eigenvalue weighted by Crippen LogP contribution is 2.28. The van der Waals surface area contributed by atoms with Gasteiger partial charge in [-0.1, -0.05) is 78.3 Å². The Morgan fingerprint density at radius 3 is 2.31 bits per heavy atom. The number of para-hydroxylation sites is 2. The third-order valence-electron chi connectivity index (χ3n) is 6.00. The van der Waals surface area contributed by atoms with Crippen LogP contribution in [0.5, 0.6) is 0 Å². The third kappa shape index (κ3) is 4.96. The molecule has 1 atom stereocenters. The van der Waals surface area contributed by atoms with Crippen LogP contribution < -0.4 is 5.32 Å². The molecule has 5 rings (SSSR count). The first-order valence-electron chi connectivity index (χ1n) is 11.4. The Labute approximate surface area is 208 Å². The minimum atomic E-state index is -0.456. The normalized spacial score (nSPS) is 11.9. The lowest BCUT2D eigenvalue weighted by Crippen LogP contribution is -2.32. The SMILES string of the molecule is O=C(N[C@H](Cc1ccccc1)c1nc2ccccc2n1Cc1c(F)cccc1Cl)c1ccccc1. The molecule has 5 aromatic rings. The number of hydrogen-bond donors (Lipinski definition) is 1. The average molecular weight is 484 g/mol. The number of benzene rings is 4. The van der Waals surface area contributed by atoms with Crippen LogP contribution in [0.4, 0.5) is 4.39 Å². The molecule has 6 heteroatoms. The van der Waals surface area contributed by atoms with Crippen molar-refractivity contribution in [2.45, 2.75) is 19.0 Å². The lowest BCUT2D eigenvalue weighted by atomic mass is 10.0. The zero-order valence-corrected chi connectivity index (χ0v) is 19.6. The zero-order chi connectivity index (χ0) is 24.2. The predicted octanol–water partition coefficient (Wildman–Crippen LogP) is 6.59. The maximum Gasteiger partial charge on any atom is 0.251 e. The van der Waals surface area contributed by atoms with Crippen LogP contribution in [0.15, 0.2) is 103 Å². The summed E-state index contributed by atoms with van der Waals surface area (Å²) >= 11 is 6.38. The number of fused-ring (bicyclic) bond motifs is 1. The zero-order valence-electron chi connectivity index (χ0n) is 18.9. The van der Waals surface area contributed by atoms with Crippen molar-refractivity contribution in [3.05, 3.63) is 136 Å². The van der Waals surface area contributed by atoms with Gasteiger partial charge in [-0.25, -0.2) is 9.37 Å². The molecule has 0 saturated carbocycles. The van der Waals surface area contributed by atoms with E-state index in [2.05, 4.69) is 5.32 Å². The van der Waals surface area contributed by atoms with Gasteiger partial charge in [-0.05, 0) is 48.4 Å². The fourth-order valence-corrected chi connectivity index (χ4v) is 4.48. The molecule has 35 heavy (non-hydrogen) atoms. The van der Waals surface area contributed by atoms with Crippen molar-refractivity contribution in [2.24, 2.45) is 0 Å². The molecular formula is C29H23ClFN3O. The van der Waals surface area contributed by atoms with Gasteiger partial charge < -0.3 is 9.88 Å². The second-order valence-corrected chi connectivity index (χ2v) is 8.73. The smallest absolute Gasteiger partial charge is 0.251 e. The first-order chi connectivity index (χ1) is 17.1. The number of nitrogens with zero attached hydrogens (tertiary/aromatic N) is 2. The van der Waals surface area contributed by atoms with Gasteiger partial charge in [0.25, 0.3) is 5.91 Å². The van der Waals surface area contributed by atoms with Gasteiger partial charge in [0, 0.05) is 16.1 Å². The van der Waals surface area contributed by atoms with Crippen LogP contribution in [0.1, 0.15) is 33.4 Å². The van der Waals surface area contributed by atoms with E-state index in [1.807, 2.05) is 77.4 Å². The molecule has 0 aliphatic heterocycles. The van der Waals surface area contributed by atoms with Crippen molar-refractivity contribution in [1.82, 2.24) is 14.9 Å². The Balaban J connectivity index is 1.61. The fraction of sp³-hybridized carbons (Fsp3) is 0.103. The third-order valence-corrected chi connectivity index (χ3v) is 6.35. The van der Waals surface area contributed by atoms with Crippen molar-refractivity contribution < 1.29 is 9.18 Å². The van der Waals surface area contributed by atoms with E-state index in [9.17, 15) is 9.18 Å². The summed E-state index contributed by atoms with van der Waals surface area (Å²) in [6, 6.07) is 30.9. The molecule has 1 N–H and O–H groups in total. The largest absolute Gasteiger partial charge is 0.342 e. The van der Waals surface area contributed by atoms with Gasteiger partial charge in [0.1, 0.15) is 11.6 Å². The quantitative estimate of drug-likeness (QED) is 0.284. The molecule has 0 bridgehead atoms. The van der Waals surface area contributed by atoms with E-state index in [1.54, 1.807) is 24.3 Å². The molecule has 0 aliphatic rings. The summed E-state index contributed by atoms with van der Waals surface area (Å²) in [4.78, 5) is 18.1. The second kappa shape index (κ2) is 10.1. The number of rotatable bonds is 7. The summed E-state index contributed by atoms with van der Waals surface area (Å²) in [5, 5.41) is 3.51. The van der Waals surface area contributed by atoms with E-state index in [4.69, 9.17) is 16.6 Å². The molecule has 4 nitrogen and oxygen atoms in total. The van der Waals surface area contributed by atoms with Gasteiger partial charge in [-0.3, -0.25) is 4.79 Å². The van der Waals surface area contributed by atoms with E-state index in [0.29, 0.717) is 28.4 Å². The monoisotopic (exact) mass is 483 g/mol. The summed E-state index contributed by atoms with van der Waals surface area (Å²) in [5.74, 6) is 0.0573. The van der Waals surface area contributed by atoms with Gasteiger partial charge in [-0.2, -0.15) is 0 Å². The number of aromatic nitrogens is 2. The minimum Gasteiger partial charge on any atom is -0.342 e. The highest BCUT2D eigenvalue weighted by atomic mass is 35.5. The minimum absolute atomic E-state index is 0.188. The molecule has 0 spiro atoms. The van der Waals surface area contributed by atoms with Crippen LogP contribution >= 0.6 is 11.6 Å². The standard InChI is InChI=1S/C29H23ClFN3O/c30-23-14-9-15-24(31)22(23)19-34-27-17-8-7-16-25(27)32-28(34)26(18-20-10-3-1-4-11-20)33-29(35)21-12-5-2-6-13-21/h1-17,26H,18-19H2,(H,33,35)/t26-/m1/s1. The van der Waals surface area contributed by atoms with Gasteiger partial charge in [0.05, 0.1) is 23.6 Å². The van der Waals surface area contributed by atoms with E-state index < -0.39 is 6.04 Å². The van der Waals surface area contributed by atoms with E-state index in [-0.39, 0.29) is 18.3 Å². The number of carbonyl (C=O) groups is 1. The van der Waals surface area contributed by atoms with Crippen LogP contribution in [0.25, 0.3) is 11.0 Å². The number of hydrogen-bond acceptors (Lipinski definition) is 2. The number of amides is 1. The van der Waals surface area contributed by atoms with Crippen molar-refractivity contribution in [3.63, 3.8) is 0 Å². The van der Waals surface area contributed by atoms with E-state index in [1.165, 1.54) is 6.07 Å². The summed E-state index contributed by atoms with van der Waals surface area (Å²) in [6.45, 7) is 0.188. The topological polar surface area (TPSA) is 46.9 Å². The summed E-state index contributed by atoms with van der Waals surface area (Å²) in [5.41, 5.74) is 3.60. The van der Waals surface area contributed by atoms with Crippen LogP contribution in [0, 0.1) is 5.82 Å². The Bertz CT molecular complexity index is 1450. The molecular weight excluding hydrogens is 461 g/mol. The molecule has 1 heterocycles. The molecule has 0 aliphatic carbocycles. The van der Waals surface area contributed by atoms with Gasteiger partial charge >= 0.3 is 0 Å². The van der Waals surface area contributed by atoms with Crippen LogP contribution in [-0.2, 0) is 13.0 Å². The fourth-order valence-electron chi connectivity index (χ4n) is 4.26. The number of imidazole rings is 1. The first kappa shape index (κ1) is 22.8. The van der Waals surface area contributed by atoms with Crippen LogP contribution in [-0.4, -0.2) is 15.5 Å². The van der Waals surface area contributed by atoms with Crippen molar-refractivity contribution >= 4 is 28.5 Å². The Kier molecular flexibility index (Phi) is 6.59. The first-order valence-corrected chi connectivity index (χ1v) is 11.8. The second-order valence-electron chi connectivity index (χ2n) is 8.33. The molecule has 0 fully saturated rings. The summed E-state index contributed by atoms with van der Waals surface area (Å²) < 4.78 is 16.7. The molecule has 0 saturated heterocycles. The maximum absolute atomic E-state index is 14.8. The van der Waals surface area contributed by atoms with Crippen molar-refractivity contribution in [2.75, 3.05) is 0 Å².